The lowest BCUT2D eigenvalue weighted by Gasteiger charge is -2.20. The molecule has 0 aliphatic heterocycles. The van der Waals surface area contributed by atoms with Crippen molar-refractivity contribution in [2.45, 2.75) is 18.9 Å². The highest BCUT2D eigenvalue weighted by molar-refractivity contribution is 5.77. The second kappa shape index (κ2) is 8.54. The lowest BCUT2D eigenvalue weighted by atomic mass is 9.98. The number of carbonyl (C=O) groups is 1. The predicted octanol–water partition coefficient (Wildman–Crippen LogP) is 4.94. The van der Waals surface area contributed by atoms with Crippen molar-refractivity contribution in [2.24, 2.45) is 0 Å². The van der Waals surface area contributed by atoms with Crippen LogP contribution >= 0.6 is 0 Å². The largest absolute Gasteiger partial charge is 0.345 e. The highest BCUT2D eigenvalue weighted by Gasteiger charge is 2.17. The number of hydrogen-bond donors (Lipinski definition) is 1. The zero-order chi connectivity index (χ0) is 19.2. The summed E-state index contributed by atoms with van der Waals surface area (Å²) in [4.78, 5) is 12.4. The van der Waals surface area contributed by atoms with Gasteiger partial charge in [-0.1, -0.05) is 48.5 Å². The fourth-order valence-corrected chi connectivity index (χ4v) is 2.85. The molecule has 0 saturated carbocycles. The van der Waals surface area contributed by atoms with E-state index in [0.29, 0.717) is 5.56 Å². The summed E-state index contributed by atoms with van der Waals surface area (Å²) in [5.74, 6) is -2.43. The van der Waals surface area contributed by atoms with Gasteiger partial charge in [0.1, 0.15) is 5.82 Å². The summed E-state index contributed by atoms with van der Waals surface area (Å²) in [5, 5.41) is 2.94. The monoisotopic (exact) mass is 369 g/mol. The van der Waals surface area contributed by atoms with Gasteiger partial charge < -0.3 is 5.32 Å². The molecule has 1 N–H and O–H groups in total. The molecule has 0 radical (unpaired) electrons. The third kappa shape index (κ3) is 4.97. The van der Waals surface area contributed by atoms with E-state index < -0.39 is 17.7 Å². The Kier molecular flexibility index (Phi) is 5.91. The van der Waals surface area contributed by atoms with Gasteiger partial charge in [0.15, 0.2) is 11.6 Å². The number of nitrogens with one attached hydrogen (secondary N) is 1. The van der Waals surface area contributed by atoms with Crippen LogP contribution in [-0.2, 0) is 11.2 Å². The number of benzene rings is 3. The molecule has 1 atom stereocenters. The van der Waals surface area contributed by atoms with Crippen LogP contribution in [0.25, 0.3) is 0 Å². The number of halogens is 3. The maximum Gasteiger partial charge on any atom is 0.221 e. The number of carbonyl (C=O) groups excluding carboxylic acids is 1. The molecule has 27 heavy (non-hydrogen) atoms. The standard InChI is InChI=1S/C22H18F3NO/c23-18-10-8-17(9-11-18)22(16-4-2-1-3-5-16)26-21(27)13-7-15-6-12-19(24)20(25)14-15/h1-6,8-12,14,22H,7,13H2,(H,26,27). The Labute approximate surface area is 155 Å². The van der Waals surface area contributed by atoms with Crippen LogP contribution in [0.3, 0.4) is 0 Å². The Morgan fingerprint density at radius 3 is 2.15 bits per heavy atom. The second-order valence-corrected chi connectivity index (χ2v) is 6.21. The molecular formula is C22H18F3NO. The van der Waals surface area contributed by atoms with E-state index in [2.05, 4.69) is 5.32 Å². The molecule has 1 amide bonds. The molecule has 0 aliphatic rings. The zero-order valence-corrected chi connectivity index (χ0v) is 14.5. The highest BCUT2D eigenvalue weighted by Crippen LogP contribution is 2.22. The summed E-state index contributed by atoms with van der Waals surface area (Å²) >= 11 is 0. The lowest BCUT2D eigenvalue weighted by molar-refractivity contribution is -0.121. The average molecular weight is 369 g/mol. The molecule has 0 spiro atoms. The van der Waals surface area contributed by atoms with E-state index in [0.717, 1.165) is 23.3 Å². The van der Waals surface area contributed by atoms with Crippen LogP contribution in [-0.4, -0.2) is 5.91 Å². The van der Waals surface area contributed by atoms with Gasteiger partial charge in [-0.05, 0) is 47.4 Å². The van der Waals surface area contributed by atoms with Crippen molar-refractivity contribution in [2.75, 3.05) is 0 Å². The van der Waals surface area contributed by atoms with E-state index in [1.165, 1.54) is 18.2 Å². The Bertz CT molecular complexity index is 911. The van der Waals surface area contributed by atoms with Gasteiger partial charge in [0.25, 0.3) is 0 Å². The normalized spacial score (nSPS) is 11.8. The highest BCUT2D eigenvalue weighted by atomic mass is 19.2. The molecule has 138 valence electrons. The van der Waals surface area contributed by atoms with E-state index in [9.17, 15) is 18.0 Å². The van der Waals surface area contributed by atoms with Crippen LogP contribution in [0, 0.1) is 17.5 Å². The smallest absolute Gasteiger partial charge is 0.221 e. The first-order valence-corrected chi connectivity index (χ1v) is 8.56. The summed E-state index contributed by atoms with van der Waals surface area (Å²) in [6, 6.07) is 18.5. The van der Waals surface area contributed by atoms with E-state index >= 15 is 0 Å². The van der Waals surface area contributed by atoms with Gasteiger partial charge in [-0.2, -0.15) is 0 Å². The molecule has 3 rings (SSSR count). The molecule has 5 heteroatoms. The molecule has 2 nitrogen and oxygen atoms in total. The Hall–Kier alpha value is -3.08. The van der Waals surface area contributed by atoms with Crippen molar-refractivity contribution in [3.63, 3.8) is 0 Å². The van der Waals surface area contributed by atoms with Gasteiger partial charge in [0.05, 0.1) is 6.04 Å². The van der Waals surface area contributed by atoms with E-state index in [4.69, 9.17) is 0 Å². The van der Waals surface area contributed by atoms with Crippen LogP contribution in [0.2, 0.25) is 0 Å². The third-order valence-electron chi connectivity index (χ3n) is 4.27. The molecule has 3 aromatic rings. The molecule has 3 aromatic carbocycles. The molecule has 0 aliphatic carbocycles. The summed E-state index contributed by atoms with van der Waals surface area (Å²) in [6.07, 6.45) is 0.406. The molecule has 0 saturated heterocycles. The third-order valence-corrected chi connectivity index (χ3v) is 4.27. The van der Waals surface area contributed by atoms with Crippen molar-refractivity contribution in [3.05, 3.63) is 107 Å². The maximum absolute atomic E-state index is 13.3. The maximum atomic E-state index is 13.3. The van der Waals surface area contributed by atoms with Crippen molar-refractivity contribution < 1.29 is 18.0 Å². The quantitative estimate of drug-likeness (QED) is 0.655. The van der Waals surface area contributed by atoms with Gasteiger partial charge in [0, 0.05) is 6.42 Å². The summed E-state index contributed by atoms with van der Waals surface area (Å²) in [7, 11) is 0. The predicted molar refractivity (Wildman–Crippen MR) is 97.5 cm³/mol. The van der Waals surface area contributed by atoms with E-state index in [1.54, 1.807) is 12.1 Å². The van der Waals surface area contributed by atoms with Gasteiger partial charge >= 0.3 is 0 Å². The minimum atomic E-state index is -0.929. The molecule has 1 unspecified atom stereocenters. The first-order chi connectivity index (χ1) is 13.0. The Morgan fingerprint density at radius 2 is 1.48 bits per heavy atom. The molecule has 0 heterocycles. The van der Waals surface area contributed by atoms with Gasteiger partial charge in [0.2, 0.25) is 5.91 Å². The average Bonchev–Trinajstić information content (AvgIpc) is 2.68. The van der Waals surface area contributed by atoms with Crippen LogP contribution in [0.4, 0.5) is 13.2 Å². The molecule has 0 fully saturated rings. The van der Waals surface area contributed by atoms with Crippen molar-refractivity contribution in [1.82, 2.24) is 5.32 Å². The first kappa shape index (κ1) is 18.7. The molecule has 0 bridgehead atoms. The number of amides is 1. The fraction of sp³-hybridized carbons (Fsp3) is 0.136. The van der Waals surface area contributed by atoms with Gasteiger partial charge in [-0.3, -0.25) is 4.79 Å². The van der Waals surface area contributed by atoms with Crippen LogP contribution < -0.4 is 5.32 Å². The number of aryl methyl sites for hydroxylation is 1. The number of hydrogen-bond acceptors (Lipinski definition) is 1. The summed E-state index contributed by atoms with van der Waals surface area (Å²) < 4.78 is 39.5. The van der Waals surface area contributed by atoms with Crippen LogP contribution in [0.5, 0.6) is 0 Å². The topological polar surface area (TPSA) is 29.1 Å². The Morgan fingerprint density at radius 1 is 0.815 bits per heavy atom. The van der Waals surface area contributed by atoms with Crippen molar-refractivity contribution in [1.29, 1.82) is 0 Å². The van der Waals surface area contributed by atoms with Crippen molar-refractivity contribution in [3.8, 4) is 0 Å². The fourth-order valence-electron chi connectivity index (χ4n) is 2.85. The SMILES string of the molecule is O=C(CCc1ccc(F)c(F)c1)NC(c1ccccc1)c1ccc(F)cc1. The molecular weight excluding hydrogens is 351 g/mol. The summed E-state index contributed by atoms with van der Waals surface area (Å²) in [6.45, 7) is 0. The van der Waals surface area contributed by atoms with Gasteiger partial charge in [-0.25, -0.2) is 13.2 Å². The van der Waals surface area contributed by atoms with E-state index in [-0.39, 0.29) is 24.6 Å². The van der Waals surface area contributed by atoms with Crippen molar-refractivity contribution >= 4 is 5.91 Å². The van der Waals surface area contributed by atoms with Crippen LogP contribution in [0.1, 0.15) is 29.2 Å². The van der Waals surface area contributed by atoms with Gasteiger partial charge in [-0.15, -0.1) is 0 Å². The second-order valence-electron chi connectivity index (χ2n) is 6.21. The minimum Gasteiger partial charge on any atom is -0.345 e. The van der Waals surface area contributed by atoms with E-state index in [1.807, 2.05) is 30.3 Å². The lowest BCUT2D eigenvalue weighted by Crippen LogP contribution is -2.29. The zero-order valence-electron chi connectivity index (χ0n) is 14.5. The van der Waals surface area contributed by atoms with Crippen LogP contribution in [0.15, 0.2) is 72.8 Å². The first-order valence-electron chi connectivity index (χ1n) is 8.56. The minimum absolute atomic E-state index is 0.121. The Balaban J connectivity index is 1.72. The number of rotatable bonds is 6. The molecule has 0 aromatic heterocycles. The summed E-state index contributed by atoms with van der Waals surface area (Å²) in [5.41, 5.74) is 2.16.